The highest BCUT2D eigenvalue weighted by Gasteiger charge is 2.20. The van der Waals surface area contributed by atoms with Gasteiger partial charge in [0.15, 0.2) is 0 Å². The lowest BCUT2D eigenvalue weighted by molar-refractivity contribution is -0.121. The molecular weight excluding hydrogens is 395 g/mol. The topological polar surface area (TPSA) is 93.1 Å². The summed E-state index contributed by atoms with van der Waals surface area (Å²) in [5, 5.41) is 5.83. The van der Waals surface area contributed by atoms with E-state index in [1.54, 1.807) is 19.1 Å². The average Bonchev–Trinajstić information content (AvgIpc) is 3.05. The minimum absolute atomic E-state index is 0.122. The number of rotatable bonds is 7. The third-order valence-corrected chi connectivity index (χ3v) is 5.57. The fourth-order valence-corrected chi connectivity index (χ4v) is 3.88. The van der Waals surface area contributed by atoms with Crippen molar-refractivity contribution in [2.45, 2.75) is 33.4 Å². The Morgan fingerprint density at radius 3 is 2.62 bits per heavy atom. The molecule has 0 radical (unpaired) electrons. The summed E-state index contributed by atoms with van der Waals surface area (Å²) in [7, 11) is 0. The molecule has 3 rings (SSSR count). The fraction of sp³-hybridized carbons (Fsp3) is 0.300. The Hall–Kier alpha value is -3.07. The van der Waals surface area contributed by atoms with Crippen LogP contribution in [0.2, 0.25) is 0 Å². The SMILES string of the molecule is CCCNC(=O)Cn1cnc2sc(C(=O)NCc3ccc(F)cc3)c(C)c2c1=O. The van der Waals surface area contributed by atoms with Gasteiger partial charge < -0.3 is 10.6 Å². The molecule has 9 heteroatoms. The maximum absolute atomic E-state index is 13.0. The van der Waals surface area contributed by atoms with E-state index < -0.39 is 0 Å². The predicted molar refractivity (Wildman–Crippen MR) is 109 cm³/mol. The van der Waals surface area contributed by atoms with Gasteiger partial charge in [-0.3, -0.25) is 19.0 Å². The zero-order valence-corrected chi connectivity index (χ0v) is 16.9. The number of nitrogens with zero attached hydrogens (tertiary/aromatic N) is 2. The van der Waals surface area contributed by atoms with Crippen molar-refractivity contribution < 1.29 is 14.0 Å². The zero-order valence-electron chi connectivity index (χ0n) is 16.1. The van der Waals surface area contributed by atoms with E-state index >= 15 is 0 Å². The van der Waals surface area contributed by atoms with Crippen LogP contribution in [0.15, 0.2) is 35.4 Å². The minimum Gasteiger partial charge on any atom is -0.355 e. The summed E-state index contributed by atoms with van der Waals surface area (Å²) in [6, 6.07) is 5.85. The molecule has 3 aromatic rings. The van der Waals surface area contributed by atoms with Gasteiger partial charge >= 0.3 is 0 Å². The molecule has 152 valence electrons. The number of hydrogen-bond donors (Lipinski definition) is 2. The van der Waals surface area contributed by atoms with Gasteiger partial charge in [-0.25, -0.2) is 9.37 Å². The monoisotopic (exact) mass is 416 g/mol. The van der Waals surface area contributed by atoms with Gasteiger partial charge in [-0.15, -0.1) is 11.3 Å². The van der Waals surface area contributed by atoms with Crippen LogP contribution in [0.3, 0.4) is 0 Å². The van der Waals surface area contributed by atoms with Crippen molar-refractivity contribution in [1.29, 1.82) is 0 Å². The van der Waals surface area contributed by atoms with Crippen LogP contribution in [-0.2, 0) is 17.9 Å². The van der Waals surface area contributed by atoms with Crippen LogP contribution in [0.5, 0.6) is 0 Å². The molecule has 0 aliphatic carbocycles. The van der Waals surface area contributed by atoms with Crippen LogP contribution in [-0.4, -0.2) is 27.9 Å². The van der Waals surface area contributed by atoms with Gasteiger partial charge in [-0.1, -0.05) is 19.1 Å². The molecule has 0 saturated heterocycles. The van der Waals surface area contributed by atoms with Crippen molar-refractivity contribution in [2.75, 3.05) is 6.54 Å². The van der Waals surface area contributed by atoms with Crippen LogP contribution in [0.25, 0.3) is 10.2 Å². The summed E-state index contributed by atoms with van der Waals surface area (Å²) in [5.74, 6) is -0.937. The molecular formula is C20H21FN4O3S. The third kappa shape index (κ3) is 4.68. The van der Waals surface area contributed by atoms with E-state index in [1.807, 2.05) is 6.92 Å². The van der Waals surface area contributed by atoms with Crippen molar-refractivity contribution in [1.82, 2.24) is 20.2 Å². The number of carbonyl (C=O) groups excluding carboxylic acids is 2. The van der Waals surface area contributed by atoms with E-state index in [1.165, 1.54) is 23.0 Å². The first kappa shape index (κ1) is 20.7. The van der Waals surface area contributed by atoms with E-state index in [9.17, 15) is 18.8 Å². The number of amides is 2. The molecule has 7 nitrogen and oxygen atoms in total. The molecule has 2 heterocycles. The second kappa shape index (κ2) is 8.95. The maximum Gasteiger partial charge on any atom is 0.262 e. The highest BCUT2D eigenvalue weighted by atomic mass is 32.1. The molecule has 0 spiro atoms. The highest BCUT2D eigenvalue weighted by molar-refractivity contribution is 7.20. The molecule has 1 aromatic carbocycles. The molecule has 2 aromatic heterocycles. The van der Waals surface area contributed by atoms with E-state index in [2.05, 4.69) is 15.6 Å². The van der Waals surface area contributed by atoms with Gasteiger partial charge in [0, 0.05) is 13.1 Å². The smallest absolute Gasteiger partial charge is 0.262 e. The summed E-state index contributed by atoms with van der Waals surface area (Å²) in [5.41, 5.74) is 0.937. The second-order valence-corrected chi connectivity index (χ2v) is 7.57. The van der Waals surface area contributed by atoms with Gasteiger partial charge in [-0.2, -0.15) is 0 Å². The lowest BCUT2D eigenvalue weighted by Crippen LogP contribution is -2.32. The number of nitrogens with one attached hydrogen (secondary N) is 2. The minimum atomic E-state index is -0.354. The Bertz CT molecular complexity index is 1110. The lowest BCUT2D eigenvalue weighted by Gasteiger charge is -2.06. The molecule has 0 atom stereocenters. The fourth-order valence-electron chi connectivity index (χ4n) is 2.83. The van der Waals surface area contributed by atoms with Crippen LogP contribution in [0.4, 0.5) is 4.39 Å². The van der Waals surface area contributed by atoms with Crippen LogP contribution < -0.4 is 16.2 Å². The molecule has 0 fully saturated rings. The van der Waals surface area contributed by atoms with E-state index in [0.29, 0.717) is 27.2 Å². The molecule has 0 bridgehead atoms. The van der Waals surface area contributed by atoms with Crippen LogP contribution in [0, 0.1) is 12.7 Å². The molecule has 0 aliphatic heterocycles. The highest BCUT2D eigenvalue weighted by Crippen LogP contribution is 2.26. The van der Waals surface area contributed by atoms with Crippen molar-refractivity contribution in [2.24, 2.45) is 0 Å². The van der Waals surface area contributed by atoms with Gasteiger partial charge in [0.05, 0.1) is 16.6 Å². The molecule has 0 aliphatic rings. The molecule has 2 N–H and O–H groups in total. The zero-order chi connectivity index (χ0) is 21.0. The number of aryl methyl sites for hydroxylation is 1. The van der Waals surface area contributed by atoms with Crippen molar-refractivity contribution >= 4 is 33.4 Å². The average molecular weight is 416 g/mol. The Morgan fingerprint density at radius 1 is 1.21 bits per heavy atom. The van der Waals surface area contributed by atoms with Crippen molar-refractivity contribution in [3.8, 4) is 0 Å². The van der Waals surface area contributed by atoms with Gasteiger partial charge in [0.2, 0.25) is 5.91 Å². The van der Waals surface area contributed by atoms with Gasteiger partial charge in [0.1, 0.15) is 17.2 Å². The lowest BCUT2D eigenvalue weighted by atomic mass is 10.2. The van der Waals surface area contributed by atoms with E-state index in [4.69, 9.17) is 0 Å². The summed E-state index contributed by atoms with van der Waals surface area (Å²) in [6.45, 7) is 4.29. The summed E-state index contributed by atoms with van der Waals surface area (Å²) in [4.78, 5) is 42.4. The van der Waals surface area contributed by atoms with Crippen LogP contribution >= 0.6 is 11.3 Å². The first-order valence-corrected chi connectivity index (χ1v) is 10.00. The van der Waals surface area contributed by atoms with Crippen LogP contribution in [0.1, 0.15) is 34.1 Å². The Balaban J connectivity index is 1.80. The number of carbonyl (C=O) groups is 2. The van der Waals surface area contributed by atoms with E-state index in [0.717, 1.165) is 23.3 Å². The van der Waals surface area contributed by atoms with Gasteiger partial charge in [0.25, 0.3) is 11.5 Å². The predicted octanol–water partition coefficient (Wildman–Crippen LogP) is 2.36. The number of fused-ring (bicyclic) bond motifs is 1. The largest absolute Gasteiger partial charge is 0.355 e. The Labute approximate surface area is 170 Å². The number of hydrogen-bond acceptors (Lipinski definition) is 5. The first-order chi connectivity index (χ1) is 13.9. The molecule has 0 saturated carbocycles. The van der Waals surface area contributed by atoms with Crippen molar-refractivity contribution in [3.05, 3.63) is 62.8 Å². The molecule has 2 amide bonds. The normalized spacial score (nSPS) is 10.9. The standard InChI is InChI=1S/C20H21FN4O3S/c1-3-8-22-15(26)10-25-11-24-19-16(20(25)28)12(2)17(29-19)18(27)23-9-13-4-6-14(21)7-5-13/h4-7,11H,3,8-10H2,1-2H3,(H,22,26)(H,23,27). The van der Waals surface area contributed by atoms with Crippen molar-refractivity contribution in [3.63, 3.8) is 0 Å². The number of thiophene rings is 1. The second-order valence-electron chi connectivity index (χ2n) is 6.57. The summed E-state index contributed by atoms with van der Waals surface area (Å²) in [6.07, 6.45) is 2.13. The summed E-state index contributed by atoms with van der Waals surface area (Å²) < 4.78 is 14.2. The Kier molecular flexibility index (Phi) is 6.38. The quantitative estimate of drug-likeness (QED) is 0.618. The summed E-state index contributed by atoms with van der Waals surface area (Å²) >= 11 is 1.13. The first-order valence-electron chi connectivity index (χ1n) is 9.18. The van der Waals surface area contributed by atoms with E-state index in [-0.39, 0.29) is 36.3 Å². The number of halogens is 1. The maximum atomic E-state index is 13.0. The third-order valence-electron chi connectivity index (χ3n) is 4.38. The number of benzene rings is 1. The molecule has 29 heavy (non-hydrogen) atoms. The van der Waals surface area contributed by atoms with Gasteiger partial charge in [-0.05, 0) is 36.6 Å². The molecule has 0 unspecified atom stereocenters. The Morgan fingerprint density at radius 2 is 1.93 bits per heavy atom. The number of aromatic nitrogens is 2.